The van der Waals surface area contributed by atoms with Crippen molar-refractivity contribution in [1.29, 1.82) is 0 Å². The number of alkyl carbamates (subject to hydrolysis) is 1. The molecule has 2 aromatic carbocycles. The van der Waals surface area contributed by atoms with Crippen molar-refractivity contribution in [1.82, 2.24) is 25.4 Å². The monoisotopic (exact) mass is 616 g/mol. The van der Waals surface area contributed by atoms with E-state index < -0.39 is 17.1 Å². The lowest BCUT2D eigenvalue weighted by Crippen LogP contribution is -2.40. The van der Waals surface area contributed by atoms with Crippen LogP contribution in [0.2, 0.25) is 0 Å². The van der Waals surface area contributed by atoms with Gasteiger partial charge in [-0.2, -0.15) is 5.10 Å². The van der Waals surface area contributed by atoms with Gasteiger partial charge in [-0.1, -0.05) is 45.0 Å². The first kappa shape index (κ1) is 32.4. The molecule has 0 aliphatic carbocycles. The minimum absolute atomic E-state index is 0.211. The van der Waals surface area contributed by atoms with Crippen molar-refractivity contribution in [3.05, 3.63) is 76.8 Å². The normalized spacial score (nSPS) is 11.6. The summed E-state index contributed by atoms with van der Waals surface area (Å²) in [6.45, 7) is 11.6. The minimum atomic E-state index is -0.596. The fraction of sp³-hybridized carbons (Fsp3) is 0.364. The molecular weight excluding hydrogens is 576 g/mol. The molecular formula is C33H40N6O4S. The SMILES string of the molecule is CCc1ccc(C(=O)NCC(=O)Nc2nc(-c3cccc(-c4ccn(C)n4)c3)cs2)cc1C(C)(C)CNC(=O)OC(C)(C)C. The molecule has 0 radical (unpaired) electrons. The molecule has 0 atom stereocenters. The molecule has 3 amide bonds. The number of carbonyl (C=O) groups excluding carboxylic acids is 3. The number of rotatable bonds is 10. The molecule has 0 aliphatic rings. The van der Waals surface area contributed by atoms with Crippen molar-refractivity contribution in [2.75, 3.05) is 18.4 Å². The van der Waals surface area contributed by atoms with E-state index in [-0.39, 0.29) is 18.4 Å². The molecule has 0 bridgehead atoms. The lowest BCUT2D eigenvalue weighted by molar-refractivity contribution is -0.115. The molecule has 10 nitrogen and oxygen atoms in total. The Morgan fingerprint density at radius 3 is 2.34 bits per heavy atom. The van der Waals surface area contributed by atoms with Crippen molar-refractivity contribution in [3.8, 4) is 22.5 Å². The van der Waals surface area contributed by atoms with E-state index in [0.29, 0.717) is 17.2 Å². The van der Waals surface area contributed by atoms with E-state index in [4.69, 9.17) is 4.74 Å². The van der Waals surface area contributed by atoms with Gasteiger partial charge in [0, 0.05) is 47.3 Å². The standard InChI is InChI=1S/C33H40N6O4S/c1-8-21-12-13-24(17-25(21)33(5,6)20-35-31(42)43-32(2,3)4)29(41)34-18-28(40)37-30-36-27(19-44-30)23-11-9-10-22(16-23)26-14-15-39(7)38-26/h9-17,19H,8,18,20H2,1-7H3,(H,34,41)(H,35,42)(H,36,37,40). The Kier molecular flexibility index (Phi) is 9.88. The largest absolute Gasteiger partial charge is 0.444 e. The fourth-order valence-electron chi connectivity index (χ4n) is 4.66. The Hall–Kier alpha value is -4.51. The van der Waals surface area contributed by atoms with Gasteiger partial charge in [0.25, 0.3) is 5.91 Å². The van der Waals surface area contributed by atoms with Gasteiger partial charge in [0.2, 0.25) is 5.91 Å². The van der Waals surface area contributed by atoms with Crippen molar-refractivity contribution in [2.24, 2.45) is 7.05 Å². The van der Waals surface area contributed by atoms with Gasteiger partial charge in [-0.05, 0) is 62.6 Å². The lowest BCUT2D eigenvalue weighted by Gasteiger charge is -2.29. The maximum atomic E-state index is 13.0. The fourth-order valence-corrected chi connectivity index (χ4v) is 5.39. The zero-order valence-corrected chi connectivity index (χ0v) is 27.1. The Morgan fingerprint density at radius 1 is 0.955 bits per heavy atom. The topological polar surface area (TPSA) is 127 Å². The third-order valence-electron chi connectivity index (χ3n) is 6.88. The second-order valence-electron chi connectivity index (χ2n) is 12.2. The Labute approximate surface area is 262 Å². The molecule has 0 saturated heterocycles. The van der Waals surface area contributed by atoms with Gasteiger partial charge in [-0.15, -0.1) is 11.3 Å². The van der Waals surface area contributed by atoms with Gasteiger partial charge in [0.1, 0.15) is 5.60 Å². The number of aromatic nitrogens is 3. The van der Waals surface area contributed by atoms with Crippen LogP contribution < -0.4 is 16.0 Å². The molecule has 11 heteroatoms. The molecule has 0 unspecified atom stereocenters. The summed E-state index contributed by atoms with van der Waals surface area (Å²) in [5.41, 5.74) is 4.86. The van der Waals surface area contributed by atoms with Crippen LogP contribution in [-0.2, 0) is 28.4 Å². The number of carbonyl (C=O) groups is 3. The average Bonchev–Trinajstić information content (AvgIpc) is 3.63. The number of nitrogens with one attached hydrogen (secondary N) is 3. The van der Waals surface area contributed by atoms with E-state index in [1.807, 2.05) is 103 Å². The van der Waals surface area contributed by atoms with Crippen LogP contribution in [0.1, 0.15) is 63.0 Å². The van der Waals surface area contributed by atoms with E-state index >= 15 is 0 Å². The second kappa shape index (κ2) is 13.4. The maximum absolute atomic E-state index is 13.0. The molecule has 4 rings (SSSR count). The predicted molar refractivity (Wildman–Crippen MR) is 174 cm³/mol. The summed E-state index contributed by atoms with van der Waals surface area (Å²) in [5.74, 6) is -0.750. The molecule has 232 valence electrons. The number of benzene rings is 2. The molecule has 2 heterocycles. The maximum Gasteiger partial charge on any atom is 0.407 e. The van der Waals surface area contributed by atoms with Crippen molar-refractivity contribution < 1.29 is 19.1 Å². The van der Waals surface area contributed by atoms with Crippen LogP contribution in [0.5, 0.6) is 0 Å². The number of aryl methyl sites for hydroxylation is 2. The molecule has 2 aromatic heterocycles. The predicted octanol–water partition coefficient (Wildman–Crippen LogP) is 5.94. The Morgan fingerprint density at radius 2 is 1.68 bits per heavy atom. The minimum Gasteiger partial charge on any atom is -0.444 e. The first-order valence-corrected chi connectivity index (χ1v) is 15.4. The number of ether oxygens (including phenoxy) is 1. The average molecular weight is 617 g/mol. The van der Waals surface area contributed by atoms with Crippen LogP contribution in [-0.4, -0.2) is 51.4 Å². The molecule has 3 N–H and O–H groups in total. The molecule has 0 saturated carbocycles. The number of hydrogen-bond acceptors (Lipinski definition) is 7. The summed E-state index contributed by atoms with van der Waals surface area (Å²) < 4.78 is 7.13. The smallest absolute Gasteiger partial charge is 0.407 e. The van der Waals surface area contributed by atoms with Crippen molar-refractivity contribution in [2.45, 2.75) is 59.0 Å². The number of thiazole rings is 1. The Balaban J connectivity index is 1.36. The van der Waals surface area contributed by atoms with E-state index in [1.54, 1.807) is 10.7 Å². The highest BCUT2D eigenvalue weighted by molar-refractivity contribution is 7.14. The second-order valence-corrected chi connectivity index (χ2v) is 13.0. The van der Waals surface area contributed by atoms with Crippen molar-refractivity contribution in [3.63, 3.8) is 0 Å². The third kappa shape index (κ3) is 8.53. The summed E-state index contributed by atoms with van der Waals surface area (Å²) in [6, 6.07) is 15.3. The molecule has 4 aromatic rings. The molecule has 0 aliphatic heterocycles. The summed E-state index contributed by atoms with van der Waals surface area (Å²) in [7, 11) is 1.88. The number of amides is 3. The van der Waals surface area contributed by atoms with Crippen LogP contribution in [0.25, 0.3) is 22.5 Å². The van der Waals surface area contributed by atoms with E-state index in [9.17, 15) is 14.4 Å². The van der Waals surface area contributed by atoms with E-state index in [0.717, 1.165) is 40.1 Å². The Bertz CT molecular complexity index is 1650. The van der Waals surface area contributed by atoms with Crippen molar-refractivity contribution >= 4 is 34.4 Å². The first-order chi connectivity index (χ1) is 20.7. The molecule has 0 fully saturated rings. The van der Waals surface area contributed by atoms with Crippen LogP contribution in [0.15, 0.2) is 60.1 Å². The summed E-state index contributed by atoms with van der Waals surface area (Å²) in [4.78, 5) is 42.5. The number of hydrogen-bond donors (Lipinski definition) is 3. The highest BCUT2D eigenvalue weighted by Gasteiger charge is 2.27. The third-order valence-corrected chi connectivity index (χ3v) is 7.64. The van der Waals surface area contributed by atoms with Crippen LogP contribution in [0, 0.1) is 0 Å². The van der Waals surface area contributed by atoms with Gasteiger partial charge in [0.15, 0.2) is 5.13 Å². The zero-order chi connectivity index (χ0) is 32.1. The number of nitrogens with zero attached hydrogens (tertiary/aromatic N) is 3. The molecule has 0 spiro atoms. The number of anilines is 1. The highest BCUT2D eigenvalue weighted by Crippen LogP contribution is 2.29. The van der Waals surface area contributed by atoms with E-state index in [1.165, 1.54) is 11.3 Å². The summed E-state index contributed by atoms with van der Waals surface area (Å²) in [5, 5.41) is 15.1. The van der Waals surface area contributed by atoms with Gasteiger partial charge in [-0.3, -0.25) is 14.3 Å². The quantitative estimate of drug-likeness (QED) is 0.202. The van der Waals surface area contributed by atoms with Gasteiger partial charge >= 0.3 is 6.09 Å². The van der Waals surface area contributed by atoms with E-state index in [2.05, 4.69) is 26.0 Å². The first-order valence-electron chi connectivity index (χ1n) is 14.5. The van der Waals surface area contributed by atoms with Crippen LogP contribution >= 0.6 is 11.3 Å². The molecule has 44 heavy (non-hydrogen) atoms. The van der Waals surface area contributed by atoms with Gasteiger partial charge in [-0.25, -0.2) is 9.78 Å². The summed E-state index contributed by atoms with van der Waals surface area (Å²) in [6.07, 6.45) is 2.16. The van der Waals surface area contributed by atoms with Crippen LogP contribution in [0.3, 0.4) is 0 Å². The van der Waals surface area contributed by atoms with Crippen LogP contribution in [0.4, 0.5) is 9.93 Å². The lowest BCUT2D eigenvalue weighted by atomic mass is 9.80. The summed E-state index contributed by atoms with van der Waals surface area (Å²) >= 11 is 1.31. The van der Waals surface area contributed by atoms with Gasteiger partial charge < -0.3 is 20.7 Å². The highest BCUT2D eigenvalue weighted by atomic mass is 32.1. The van der Waals surface area contributed by atoms with Gasteiger partial charge in [0.05, 0.1) is 17.9 Å². The zero-order valence-electron chi connectivity index (χ0n) is 26.3.